The highest BCUT2D eigenvalue weighted by molar-refractivity contribution is 7.15. The molecule has 0 aliphatic heterocycles. The Hall–Kier alpha value is -3.12. The van der Waals surface area contributed by atoms with Gasteiger partial charge in [0.15, 0.2) is 0 Å². The van der Waals surface area contributed by atoms with Crippen LogP contribution in [0.15, 0.2) is 70.3 Å². The molecule has 4 rings (SSSR count). The predicted octanol–water partition coefficient (Wildman–Crippen LogP) is 1.65. The molecule has 122 valence electrons. The lowest BCUT2D eigenvalue weighted by molar-refractivity contribution is 0.811. The first-order valence-corrected chi connectivity index (χ1v) is 8.56. The van der Waals surface area contributed by atoms with E-state index in [2.05, 4.69) is 10.1 Å². The predicted molar refractivity (Wildman–Crippen MR) is 97.9 cm³/mol. The standard InChI is InChI=1S/C19H13N3O2S/c23-17-15(11-13-7-3-1-4-8-13)21-22-18(24)16(25-19(22)20-17)12-14-9-5-2-6-10-14/h1-10,12H,11H2/b16-12+. The molecule has 2 aromatic carbocycles. The minimum absolute atomic E-state index is 0.259. The van der Waals surface area contributed by atoms with Gasteiger partial charge in [-0.3, -0.25) is 9.59 Å². The van der Waals surface area contributed by atoms with E-state index in [1.165, 1.54) is 15.9 Å². The van der Waals surface area contributed by atoms with Crippen LogP contribution in [0.4, 0.5) is 0 Å². The molecular formula is C19H13N3O2S. The summed E-state index contributed by atoms with van der Waals surface area (Å²) in [5, 5.41) is 4.25. The summed E-state index contributed by atoms with van der Waals surface area (Å²) in [5.74, 6) is 0. The summed E-state index contributed by atoms with van der Waals surface area (Å²) in [4.78, 5) is 29.2. The highest BCUT2D eigenvalue weighted by Gasteiger charge is 2.11. The van der Waals surface area contributed by atoms with Crippen molar-refractivity contribution >= 4 is 22.4 Å². The highest BCUT2D eigenvalue weighted by Crippen LogP contribution is 2.05. The molecule has 0 N–H and O–H groups in total. The number of benzene rings is 2. The molecule has 0 aliphatic carbocycles. The Labute approximate surface area is 146 Å². The van der Waals surface area contributed by atoms with Crippen LogP contribution < -0.4 is 15.7 Å². The van der Waals surface area contributed by atoms with Gasteiger partial charge in [0.1, 0.15) is 5.69 Å². The van der Waals surface area contributed by atoms with Crippen LogP contribution in [0, 0.1) is 0 Å². The Kier molecular flexibility index (Phi) is 3.95. The molecule has 2 aromatic heterocycles. The molecule has 2 heterocycles. The van der Waals surface area contributed by atoms with Crippen molar-refractivity contribution in [2.45, 2.75) is 6.42 Å². The van der Waals surface area contributed by atoms with Crippen LogP contribution in [0.25, 0.3) is 11.0 Å². The maximum atomic E-state index is 12.6. The van der Waals surface area contributed by atoms with Gasteiger partial charge in [0.2, 0.25) is 4.96 Å². The van der Waals surface area contributed by atoms with Crippen LogP contribution in [0.5, 0.6) is 0 Å². The van der Waals surface area contributed by atoms with E-state index in [0.29, 0.717) is 15.9 Å². The summed E-state index contributed by atoms with van der Waals surface area (Å²) in [6.45, 7) is 0. The van der Waals surface area contributed by atoms with E-state index < -0.39 is 5.56 Å². The smallest absolute Gasteiger partial charge is 0.266 e. The first-order valence-electron chi connectivity index (χ1n) is 7.74. The largest absolute Gasteiger partial charge is 0.296 e. The number of aromatic nitrogens is 3. The third-order valence-electron chi connectivity index (χ3n) is 3.76. The van der Waals surface area contributed by atoms with E-state index in [1.807, 2.05) is 60.7 Å². The van der Waals surface area contributed by atoms with Crippen LogP contribution >= 0.6 is 11.3 Å². The van der Waals surface area contributed by atoms with Crippen molar-refractivity contribution < 1.29 is 0 Å². The lowest BCUT2D eigenvalue weighted by Crippen LogP contribution is -2.28. The minimum Gasteiger partial charge on any atom is -0.266 e. The Balaban J connectivity index is 1.84. The van der Waals surface area contributed by atoms with Gasteiger partial charge in [-0.05, 0) is 17.2 Å². The first kappa shape index (κ1) is 15.4. The zero-order valence-electron chi connectivity index (χ0n) is 13.1. The summed E-state index contributed by atoms with van der Waals surface area (Å²) in [6, 6.07) is 19.1. The quantitative estimate of drug-likeness (QED) is 0.565. The van der Waals surface area contributed by atoms with Crippen molar-refractivity contribution in [1.82, 2.24) is 14.6 Å². The summed E-state index contributed by atoms with van der Waals surface area (Å²) < 4.78 is 1.72. The maximum Gasteiger partial charge on any atom is 0.296 e. The monoisotopic (exact) mass is 347 g/mol. The molecular weight excluding hydrogens is 334 g/mol. The topological polar surface area (TPSA) is 64.3 Å². The van der Waals surface area contributed by atoms with E-state index >= 15 is 0 Å². The van der Waals surface area contributed by atoms with E-state index in [-0.39, 0.29) is 11.3 Å². The molecule has 0 aliphatic rings. The minimum atomic E-state index is -0.392. The molecule has 4 aromatic rings. The molecule has 0 fully saturated rings. The summed E-state index contributed by atoms with van der Waals surface area (Å²) in [5.41, 5.74) is 1.48. The van der Waals surface area contributed by atoms with Gasteiger partial charge < -0.3 is 0 Å². The molecule has 0 amide bonds. The van der Waals surface area contributed by atoms with Gasteiger partial charge in [0.25, 0.3) is 11.1 Å². The molecule has 0 saturated heterocycles. The first-order chi connectivity index (χ1) is 12.2. The van der Waals surface area contributed by atoms with Crippen LogP contribution in [0.1, 0.15) is 16.8 Å². The second-order valence-corrected chi connectivity index (χ2v) is 6.56. The third-order valence-corrected chi connectivity index (χ3v) is 4.72. The molecule has 0 unspecified atom stereocenters. The zero-order chi connectivity index (χ0) is 17.2. The lowest BCUT2D eigenvalue weighted by atomic mass is 10.1. The van der Waals surface area contributed by atoms with Gasteiger partial charge in [0.05, 0.1) is 4.53 Å². The molecule has 0 spiro atoms. The van der Waals surface area contributed by atoms with Crippen LogP contribution in [-0.2, 0) is 6.42 Å². The van der Waals surface area contributed by atoms with Crippen molar-refractivity contribution in [2.24, 2.45) is 0 Å². The average molecular weight is 347 g/mol. The van der Waals surface area contributed by atoms with E-state index in [1.54, 1.807) is 6.08 Å². The Morgan fingerprint density at radius 1 is 0.960 bits per heavy atom. The molecule has 0 bridgehead atoms. The van der Waals surface area contributed by atoms with Crippen LogP contribution in [0.2, 0.25) is 0 Å². The normalized spacial score (nSPS) is 11.9. The SMILES string of the molecule is O=c1nc2s/c(=C/c3ccccc3)c(=O)n2nc1Cc1ccccc1. The number of hydrogen-bond acceptors (Lipinski definition) is 5. The van der Waals surface area contributed by atoms with E-state index in [9.17, 15) is 9.59 Å². The fourth-order valence-electron chi connectivity index (χ4n) is 2.54. The fraction of sp³-hybridized carbons (Fsp3) is 0.0526. The van der Waals surface area contributed by atoms with Crippen molar-refractivity contribution in [3.05, 3.63) is 103 Å². The second-order valence-electron chi connectivity index (χ2n) is 5.55. The van der Waals surface area contributed by atoms with Crippen molar-refractivity contribution in [3.8, 4) is 0 Å². The molecule has 5 nitrogen and oxygen atoms in total. The third kappa shape index (κ3) is 3.12. The van der Waals surface area contributed by atoms with Gasteiger partial charge in [-0.1, -0.05) is 72.0 Å². The number of rotatable bonds is 3. The summed E-state index contributed by atoms with van der Waals surface area (Å²) >= 11 is 1.17. The van der Waals surface area contributed by atoms with Gasteiger partial charge in [-0.15, -0.1) is 0 Å². The Bertz CT molecular complexity index is 1200. The van der Waals surface area contributed by atoms with E-state index in [4.69, 9.17) is 0 Å². The summed E-state index contributed by atoms with van der Waals surface area (Å²) in [6.07, 6.45) is 2.13. The van der Waals surface area contributed by atoms with Crippen molar-refractivity contribution in [2.75, 3.05) is 0 Å². The Morgan fingerprint density at radius 3 is 2.36 bits per heavy atom. The molecule has 0 radical (unpaired) electrons. The number of nitrogens with zero attached hydrogens (tertiary/aromatic N) is 3. The highest BCUT2D eigenvalue weighted by atomic mass is 32.1. The molecule has 6 heteroatoms. The average Bonchev–Trinajstić information content (AvgIpc) is 2.92. The number of thiazole rings is 1. The molecule has 0 atom stereocenters. The number of fused-ring (bicyclic) bond motifs is 1. The molecule has 25 heavy (non-hydrogen) atoms. The maximum absolute atomic E-state index is 12.6. The fourth-order valence-corrected chi connectivity index (χ4v) is 3.45. The van der Waals surface area contributed by atoms with Gasteiger partial charge in [-0.25, -0.2) is 0 Å². The van der Waals surface area contributed by atoms with Crippen molar-refractivity contribution in [3.63, 3.8) is 0 Å². The van der Waals surface area contributed by atoms with Crippen LogP contribution in [0.3, 0.4) is 0 Å². The van der Waals surface area contributed by atoms with E-state index in [0.717, 1.165) is 11.1 Å². The lowest BCUT2D eigenvalue weighted by Gasteiger charge is -1.99. The summed E-state index contributed by atoms with van der Waals surface area (Å²) in [7, 11) is 0. The zero-order valence-corrected chi connectivity index (χ0v) is 13.9. The van der Waals surface area contributed by atoms with Crippen molar-refractivity contribution in [1.29, 1.82) is 0 Å². The van der Waals surface area contributed by atoms with Gasteiger partial charge in [-0.2, -0.15) is 14.6 Å². The molecule has 0 saturated carbocycles. The second kappa shape index (κ2) is 6.41. The Morgan fingerprint density at radius 2 is 1.64 bits per heavy atom. The van der Waals surface area contributed by atoms with Gasteiger partial charge in [0, 0.05) is 6.42 Å². The van der Waals surface area contributed by atoms with Crippen LogP contribution in [-0.4, -0.2) is 14.6 Å². The van der Waals surface area contributed by atoms with Gasteiger partial charge >= 0.3 is 0 Å². The number of hydrogen-bond donors (Lipinski definition) is 0.